The normalized spacial score (nSPS) is 12.8. The maximum Gasteiger partial charge on any atom is 0.306 e. The smallest absolute Gasteiger partial charge is 0.306 e. The fourth-order valence-corrected chi connectivity index (χ4v) is 7.38. The Hall–Kier alpha value is -3.67. The lowest BCUT2D eigenvalue weighted by molar-refractivity contribution is -0.167. The molecule has 67 heavy (non-hydrogen) atoms. The van der Waals surface area contributed by atoms with E-state index in [0.29, 0.717) is 25.7 Å². The summed E-state index contributed by atoms with van der Waals surface area (Å²) < 4.78 is 16.8. The Morgan fingerprint density at radius 3 is 1.00 bits per heavy atom. The van der Waals surface area contributed by atoms with Gasteiger partial charge in [-0.3, -0.25) is 14.4 Å². The molecule has 0 aliphatic rings. The summed E-state index contributed by atoms with van der Waals surface area (Å²) in [5.41, 5.74) is 0. The topological polar surface area (TPSA) is 78.9 Å². The molecule has 0 heterocycles. The number of esters is 3. The number of ether oxygens (including phenoxy) is 3. The van der Waals surface area contributed by atoms with Crippen molar-refractivity contribution in [2.45, 2.75) is 258 Å². The lowest BCUT2D eigenvalue weighted by atomic mass is 10.1. The van der Waals surface area contributed by atoms with Crippen molar-refractivity contribution in [3.8, 4) is 0 Å². The average Bonchev–Trinajstić information content (AvgIpc) is 3.33. The average molecular weight is 931 g/mol. The molecular weight excluding hydrogens is 829 g/mol. The number of unbranched alkanes of at least 4 members (excludes halogenated alkanes) is 22. The summed E-state index contributed by atoms with van der Waals surface area (Å²) in [6.07, 6.45) is 72.6. The molecule has 0 aliphatic heterocycles. The number of carbonyl (C=O) groups excluding carboxylic acids is 3. The highest BCUT2D eigenvalue weighted by atomic mass is 16.6. The van der Waals surface area contributed by atoms with Crippen LogP contribution in [0, 0.1) is 0 Å². The Morgan fingerprint density at radius 2 is 0.597 bits per heavy atom. The van der Waals surface area contributed by atoms with E-state index in [9.17, 15) is 14.4 Å². The summed E-state index contributed by atoms with van der Waals surface area (Å²) in [5, 5.41) is 0. The van der Waals surface area contributed by atoms with Crippen LogP contribution in [0.25, 0.3) is 0 Å². The van der Waals surface area contributed by atoms with Gasteiger partial charge < -0.3 is 14.2 Å². The quantitative estimate of drug-likeness (QED) is 0.0262. The summed E-state index contributed by atoms with van der Waals surface area (Å²) in [6.45, 7) is 6.43. The summed E-state index contributed by atoms with van der Waals surface area (Å²) in [5.74, 6) is -1.01. The van der Waals surface area contributed by atoms with Crippen LogP contribution in [0.5, 0.6) is 0 Å². The molecule has 0 spiro atoms. The Labute approximate surface area is 413 Å². The highest BCUT2D eigenvalue weighted by Crippen LogP contribution is 2.13. The molecule has 0 aromatic rings. The van der Waals surface area contributed by atoms with Crippen LogP contribution in [0.1, 0.15) is 252 Å². The monoisotopic (exact) mass is 931 g/mol. The SMILES string of the molecule is CC/C=C\C/C=C\C/C=C\C/C=C\CCCCC(=O)OC[C@H](COC(=O)CCCCCCCCC/C=C\CCCCCCCC)OC(=O)CCC/C=C\C/C=C\C/C=C\CCCCCCCC. The summed E-state index contributed by atoms with van der Waals surface area (Å²) in [7, 11) is 0. The zero-order chi connectivity index (χ0) is 48.6. The molecule has 0 aromatic heterocycles. The maximum atomic E-state index is 12.8. The van der Waals surface area contributed by atoms with Gasteiger partial charge in [-0.1, -0.05) is 214 Å². The van der Waals surface area contributed by atoms with Crippen molar-refractivity contribution < 1.29 is 28.6 Å². The summed E-state index contributed by atoms with van der Waals surface area (Å²) in [4.78, 5) is 38.1. The van der Waals surface area contributed by atoms with E-state index in [4.69, 9.17) is 14.2 Å². The molecule has 0 bridgehead atoms. The predicted molar refractivity (Wildman–Crippen MR) is 288 cm³/mol. The second kappa shape index (κ2) is 54.9. The standard InChI is InChI=1S/C61H102O6/c1-4-7-10-13-16-19-22-25-28-30-33-36-39-42-45-48-51-54-60(63)66-57-58(56-65-59(62)53-50-47-44-41-38-35-32-27-24-21-18-15-12-9-6-3)67-61(64)55-52-49-46-43-40-37-34-31-29-26-23-20-17-14-11-8-5-2/h9,12,18,21,25-29,32,34,37-38,41,43,46,58H,4-8,10-11,13-17,19-20,22-24,30-31,33,35-36,39-40,42,44-45,47-57H2,1-3H3/b12-9-,21-18-,28-25-,29-26-,32-27-,37-34-,41-38-,46-43-/t58-/m1/s1. The molecule has 6 nitrogen and oxygen atoms in total. The van der Waals surface area contributed by atoms with Crippen molar-refractivity contribution in [1.29, 1.82) is 0 Å². The maximum absolute atomic E-state index is 12.8. The summed E-state index contributed by atoms with van der Waals surface area (Å²) >= 11 is 0. The van der Waals surface area contributed by atoms with Crippen molar-refractivity contribution >= 4 is 17.9 Å². The highest BCUT2D eigenvalue weighted by Gasteiger charge is 2.19. The van der Waals surface area contributed by atoms with Gasteiger partial charge in [0.25, 0.3) is 0 Å². The molecule has 0 unspecified atom stereocenters. The fraction of sp³-hybridized carbons (Fsp3) is 0.689. The fourth-order valence-electron chi connectivity index (χ4n) is 7.38. The number of rotatable bonds is 49. The van der Waals surface area contributed by atoms with Gasteiger partial charge in [0.2, 0.25) is 0 Å². The van der Waals surface area contributed by atoms with Crippen LogP contribution in [0.2, 0.25) is 0 Å². The largest absolute Gasteiger partial charge is 0.462 e. The molecular formula is C61H102O6. The van der Waals surface area contributed by atoms with E-state index >= 15 is 0 Å². The van der Waals surface area contributed by atoms with Gasteiger partial charge >= 0.3 is 17.9 Å². The molecule has 0 saturated carbocycles. The van der Waals surface area contributed by atoms with Crippen LogP contribution >= 0.6 is 0 Å². The molecule has 0 radical (unpaired) electrons. The molecule has 382 valence electrons. The van der Waals surface area contributed by atoms with E-state index in [1.807, 2.05) is 0 Å². The van der Waals surface area contributed by atoms with Crippen molar-refractivity contribution in [3.05, 3.63) is 97.2 Å². The Morgan fingerprint density at radius 1 is 0.313 bits per heavy atom. The Balaban J connectivity index is 4.53. The van der Waals surface area contributed by atoms with Crippen LogP contribution in [-0.4, -0.2) is 37.2 Å². The minimum atomic E-state index is -0.823. The van der Waals surface area contributed by atoms with Crippen LogP contribution in [-0.2, 0) is 28.6 Å². The van der Waals surface area contributed by atoms with Crippen LogP contribution in [0.4, 0.5) is 0 Å². The van der Waals surface area contributed by atoms with Crippen LogP contribution in [0.15, 0.2) is 97.2 Å². The minimum Gasteiger partial charge on any atom is -0.462 e. The van der Waals surface area contributed by atoms with Crippen molar-refractivity contribution in [2.24, 2.45) is 0 Å². The van der Waals surface area contributed by atoms with E-state index in [1.54, 1.807) is 0 Å². The molecule has 0 amide bonds. The zero-order valence-electron chi connectivity index (χ0n) is 43.6. The molecule has 0 aromatic carbocycles. The lowest BCUT2D eigenvalue weighted by Crippen LogP contribution is -2.30. The molecule has 0 aliphatic carbocycles. The molecule has 0 saturated heterocycles. The number of carbonyl (C=O) groups is 3. The van der Waals surface area contributed by atoms with Crippen molar-refractivity contribution in [1.82, 2.24) is 0 Å². The van der Waals surface area contributed by atoms with Gasteiger partial charge in [0, 0.05) is 19.3 Å². The zero-order valence-corrected chi connectivity index (χ0v) is 43.6. The summed E-state index contributed by atoms with van der Waals surface area (Å²) in [6, 6.07) is 0. The van der Waals surface area contributed by atoms with E-state index in [0.717, 1.165) is 77.0 Å². The van der Waals surface area contributed by atoms with E-state index in [-0.39, 0.29) is 37.5 Å². The second-order valence-electron chi connectivity index (χ2n) is 18.1. The van der Waals surface area contributed by atoms with Gasteiger partial charge in [-0.15, -0.1) is 0 Å². The third-order valence-electron chi connectivity index (χ3n) is 11.5. The van der Waals surface area contributed by atoms with E-state index in [2.05, 4.69) is 118 Å². The molecule has 0 rings (SSSR count). The van der Waals surface area contributed by atoms with E-state index in [1.165, 1.54) is 122 Å². The number of hydrogen-bond donors (Lipinski definition) is 0. The van der Waals surface area contributed by atoms with Gasteiger partial charge in [0.15, 0.2) is 6.10 Å². The van der Waals surface area contributed by atoms with Crippen LogP contribution < -0.4 is 0 Å². The van der Waals surface area contributed by atoms with E-state index < -0.39 is 6.10 Å². The van der Waals surface area contributed by atoms with Gasteiger partial charge in [0.1, 0.15) is 13.2 Å². The molecule has 1 atom stereocenters. The first-order valence-corrected chi connectivity index (χ1v) is 27.7. The number of hydrogen-bond acceptors (Lipinski definition) is 6. The minimum absolute atomic E-state index is 0.114. The van der Waals surface area contributed by atoms with Gasteiger partial charge in [-0.05, 0) is 116 Å². The molecule has 0 fully saturated rings. The van der Waals surface area contributed by atoms with Crippen LogP contribution in [0.3, 0.4) is 0 Å². The van der Waals surface area contributed by atoms with Crippen molar-refractivity contribution in [3.63, 3.8) is 0 Å². The third-order valence-corrected chi connectivity index (χ3v) is 11.5. The van der Waals surface area contributed by atoms with Gasteiger partial charge in [-0.25, -0.2) is 0 Å². The first-order valence-electron chi connectivity index (χ1n) is 27.7. The van der Waals surface area contributed by atoms with Gasteiger partial charge in [0.05, 0.1) is 0 Å². The highest BCUT2D eigenvalue weighted by molar-refractivity contribution is 5.71. The predicted octanol–water partition coefficient (Wildman–Crippen LogP) is 18.5. The second-order valence-corrected chi connectivity index (χ2v) is 18.1. The third kappa shape index (κ3) is 53.2. The van der Waals surface area contributed by atoms with Gasteiger partial charge in [-0.2, -0.15) is 0 Å². The number of allylic oxidation sites excluding steroid dienone is 16. The van der Waals surface area contributed by atoms with Crippen molar-refractivity contribution in [2.75, 3.05) is 13.2 Å². The molecule has 6 heteroatoms. The first kappa shape index (κ1) is 63.3. The molecule has 0 N–H and O–H groups in total. The first-order chi connectivity index (χ1) is 33.0. The Bertz CT molecular complexity index is 1350. The Kier molecular flexibility index (Phi) is 51.9. The lowest BCUT2D eigenvalue weighted by Gasteiger charge is -2.18.